The molecular formula is C10H13ClN2O2. The third kappa shape index (κ3) is 2.22. The van der Waals surface area contributed by atoms with Crippen LogP contribution in [-0.4, -0.2) is 18.3 Å². The maximum Gasteiger partial charge on any atom is 0.262 e. The van der Waals surface area contributed by atoms with Crippen LogP contribution in [0.4, 0.5) is 0 Å². The van der Waals surface area contributed by atoms with Gasteiger partial charge in [-0.2, -0.15) is 0 Å². The molecule has 1 aromatic heterocycles. The number of hydrogen-bond donors (Lipinski definition) is 1. The second-order valence-corrected chi connectivity index (χ2v) is 3.07. The van der Waals surface area contributed by atoms with Crippen LogP contribution < -0.4 is 10.5 Å². The minimum absolute atomic E-state index is 0. The second-order valence-electron chi connectivity index (χ2n) is 3.07. The summed E-state index contributed by atoms with van der Waals surface area (Å²) < 4.78 is 10.5. The lowest BCUT2D eigenvalue weighted by Crippen LogP contribution is -2.10. The van der Waals surface area contributed by atoms with Gasteiger partial charge in [0.2, 0.25) is 0 Å². The molecule has 0 atom stereocenters. The summed E-state index contributed by atoms with van der Waals surface area (Å²) in [5, 5.41) is 4.77. The molecule has 0 amide bonds. The number of nitrogens with two attached hydrogens (primary N) is 1. The second kappa shape index (κ2) is 5.00. The minimum Gasteiger partial charge on any atom is -0.474 e. The molecule has 0 aliphatic carbocycles. The smallest absolute Gasteiger partial charge is 0.262 e. The molecule has 0 aliphatic heterocycles. The molecule has 2 aromatic rings. The predicted molar refractivity (Wildman–Crippen MR) is 60.5 cm³/mol. The largest absolute Gasteiger partial charge is 0.474 e. The standard InChI is InChI=1S/C10H12N2O2.ClH/c1-7-3-2-4-8-9(7)10(12-14-8)13-6-5-11;/h2-4H,5-6,11H2,1H3;1H. The summed E-state index contributed by atoms with van der Waals surface area (Å²) in [5.41, 5.74) is 7.18. The van der Waals surface area contributed by atoms with Crippen molar-refractivity contribution in [3.8, 4) is 5.88 Å². The first-order valence-electron chi connectivity index (χ1n) is 4.51. The van der Waals surface area contributed by atoms with Crippen molar-refractivity contribution in [1.82, 2.24) is 5.16 Å². The Kier molecular flexibility index (Phi) is 3.94. The maximum absolute atomic E-state index is 5.36. The van der Waals surface area contributed by atoms with Gasteiger partial charge in [0.15, 0.2) is 5.58 Å². The molecule has 0 saturated heterocycles. The summed E-state index contributed by atoms with van der Waals surface area (Å²) in [7, 11) is 0. The molecule has 0 unspecified atom stereocenters. The highest BCUT2D eigenvalue weighted by atomic mass is 35.5. The van der Waals surface area contributed by atoms with Gasteiger partial charge in [-0.3, -0.25) is 0 Å². The third-order valence-corrected chi connectivity index (χ3v) is 2.03. The number of ether oxygens (including phenoxy) is 1. The number of rotatable bonds is 3. The fourth-order valence-electron chi connectivity index (χ4n) is 1.38. The van der Waals surface area contributed by atoms with Crippen LogP contribution in [-0.2, 0) is 0 Å². The molecular weight excluding hydrogens is 216 g/mol. The van der Waals surface area contributed by atoms with Crippen LogP contribution >= 0.6 is 12.4 Å². The first kappa shape index (κ1) is 11.8. The highest BCUT2D eigenvalue weighted by Gasteiger charge is 2.10. The van der Waals surface area contributed by atoms with Crippen LogP contribution in [0.1, 0.15) is 5.56 Å². The summed E-state index contributed by atoms with van der Waals surface area (Å²) in [5.74, 6) is 0.531. The average molecular weight is 229 g/mol. The zero-order valence-electron chi connectivity index (χ0n) is 8.40. The lowest BCUT2D eigenvalue weighted by molar-refractivity contribution is 0.293. The van der Waals surface area contributed by atoms with E-state index < -0.39 is 0 Å². The minimum atomic E-state index is 0. The van der Waals surface area contributed by atoms with Crippen molar-refractivity contribution in [2.45, 2.75) is 6.92 Å². The molecule has 2 N–H and O–H groups in total. The summed E-state index contributed by atoms with van der Waals surface area (Å²) in [6, 6.07) is 5.79. The van der Waals surface area contributed by atoms with Crippen molar-refractivity contribution in [3.63, 3.8) is 0 Å². The number of nitrogens with zero attached hydrogens (tertiary/aromatic N) is 1. The summed E-state index contributed by atoms with van der Waals surface area (Å²) in [6.45, 7) is 2.92. The van der Waals surface area contributed by atoms with Gasteiger partial charge >= 0.3 is 0 Å². The number of aromatic nitrogens is 1. The first-order valence-corrected chi connectivity index (χ1v) is 4.51. The highest BCUT2D eigenvalue weighted by Crippen LogP contribution is 2.27. The fraction of sp³-hybridized carbons (Fsp3) is 0.300. The molecule has 0 radical (unpaired) electrons. The summed E-state index contributed by atoms with van der Waals surface area (Å²) >= 11 is 0. The van der Waals surface area contributed by atoms with Crippen LogP contribution in [0, 0.1) is 6.92 Å². The highest BCUT2D eigenvalue weighted by molar-refractivity contribution is 5.85. The Bertz CT molecular complexity index is 442. The van der Waals surface area contributed by atoms with Gasteiger partial charge in [-0.15, -0.1) is 12.4 Å². The van der Waals surface area contributed by atoms with Gasteiger partial charge in [0.1, 0.15) is 6.61 Å². The molecule has 1 aromatic carbocycles. The predicted octanol–water partition coefficient (Wildman–Crippen LogP) is 1.90. The Balaban J connectivity index is 0.00000112. The molecule has 2 rings (SSSR count). The van der Waals surface area contributed by atoms with E-state index in [0.29, 0.717) is 19.0 Å². The van der Waals surface area contributed by atoms with Crippen molar-refractivity contribution in [3.05, 3.63) is 23.8 Å². The van der Waals surface area contributed by atoms with Gasteiger partial charge in [-0.1, -0.05) is 12.1 Å². The van der Waals surface area contributed by atoms with E-state index in [4.69, 9.17) is 15.0 Å². The zero-order valence-corrected chi connectivity index (χ0v) is 9.21. The van der Waals surface area contributed by atoms with Crippen LogP contribution in [0.25, 0.3) is 11.0 Å². The molecule has 15 heavy (non-hydrogen) atoms. The quantitative estimate of drug-likeness (QED) is 0.872. The first-order chi connectivity index (χ1) is 6.83. The topological polar surface area (TPSA) is 61.3 Å². The van der Waals surface area contributed by atoms with Gasteiger partial charge in [0.25, 0.3) is 5.88 Å². The molecule has 0 saturated carbocycles. The Labute approximate surface area is 93.8 Å². The molecule has 0 aliphatic rings. The number of hydrogen-bond acceptors (Lipinski definition) is 4. The summed E-state index contributed by atoms with van der Waals surface area (Å²) in [6.07, 6.45) is 0. The van der Waals surface area contributed by atoms with Crippen molar-refractivity contribution >= 4 is 23.4 Å². The van der Waals surface area contributed by atoms with E-state index in [0.717, 1.165) is 16.5 Å². The Morgan fingerprint density at radius 2 is 2.27 bits per heavy atom. The Morgan fingerprint density at radius 3 is 3.00 bits per heavy atom. The van der Waals surface area contributed by atoms with Crippen LogP contribution in [0.2, 0.25) is 0 Å². The van der Waals surface area contributed by atoms with Crippen LogP contribution in [0.15, 0.2) is 22.7 Å². The van der Waals surface area contributed by atoms with E-state index in [1.165, 1.54) is 0 Å². The molecule has 1 heterocycles. The van der Waals surface area contributed by atoms with Gasteiger partial charge in [0, 0.05) is 6.54 Å². The Hall–Kier alpha value is -1.26. The number of benzene rings is 1. The average Bonchev–Trinajstić information content (AvgIpc) is 2.59. The SMILES string of the molecule is Cc1cccc2onc(OCCN)c12.Cl. The van der Waals surface area contributed by atoms with Gasteiger partial charge < -0.3 is 15.0 Å². The van der Waals surface area contributed by atoms with Crippen LogP contribution in [0.3, 0.4) is 0 Å². The molecule has 82 valence electrons. The number of fused-ring (bicyclic) bond motifs is 1. The van der Waals surface area contributed by atoms with E-state index in [-0.39, 0.29) is 12.4 Å². The number of halogens is 1. The molecule has 0 bridgehead atoms. The van der Waals surface area contributed by atoms with Crippen molar-refractivity contribution in [1.29, 1.82) is 0 Å². The van der Waals surface area contributed by atoms with E-state index in [9.17, 15) is 0 Å². The van der Waals surface area contributed by atoms with E-state index >= 15 is 0 Å². The van der Waals surface area contributed by atoms with E-state index in [1.54, 1.807) is 0 Å². The monoisotopic (exact) mass is 228 g/mol. The van der Waals surface area contributed by atoms with Gasteiger partial charge in [-0.25, -0.2) is 0 Å². The molecule has 5 heteroatoms. The number of aryl methyl sites for hydroxylation is 1. The molecule has 0 fully saturated rings. The third-order valence-electron chi connectivity index (χ3n) is 2.03. The van der Waals surface area contributed by atoms with Crippen molar-refractivity contribution in [2.24, 2.45) is 5.73 Å². The molecule has 4 nitrogen and oxygen atoms in total. The summed E-state index contributed by atoms with van der Waals surface area (Å²) in [4.78, 5) is 0. The van der Waals surface area contributed by atoms with E-state index in [1.807, 2.05) is 25.1 Å². The molecule has 0 spiro atoms. The normalized spacial score (nSPS) is 10.0. The fourth-order valence-corrected chi connectivity index (χ4v) is 1.38. The van der Waals surface area contributed by atoms with Gasteiger partial charge in [-0.05, 0) is 23.7 Å². The zero-order chi connectivity index (χ0) is 9.97. The van der Waals surface area contributed by atoms with Crippen LogP contribution in [0.5, 0.6) is 5.88 Å². The van der Waals surface area contributed by atoms with Crippen molar-refractivity contribution < 1.29 is 9.26 Å². The lowest BCUT2D eigenvalue weighted by atomic mass is 10.1. The van der Waals surface area contributed by atoms with Crippen molar-refractivity contribution in [2.75, 3.05) is 13.2 Å². The Morgan fingerprint density at radius 1 is 1.47 bits per heavy atom. The maximum atomic E-state index is 5.36. The van der Waals surface area contributed by atoms with Gasteiger partial charge in [0.05, 0.1) is 5.39 Å². The lowest BCUT2D eigenvalue weighted by Gasteiger charge is -2.00. The van der Waals surface area contributed by atoms with E-state index in [2.05, 4.69) is 5.16 Å².